The summed E-state index contributed by atoms with van der Waals surface area (Å²) in [5.74, 6) is 0.464. The van der Waals surface area contributed by atoms with Crippen LogP contribution in [-0.4, -0.2) is 43.5 Å². The fourth-order valence-electron chi connectivity index (χ4n) is 3.22. The summed E-state index contributed by atoms with van der Waals surface area (Å²) in [4.78, 5) is 26.5. The number of nitrogens with one attached hydrogen (secondary N) is 2. The summed E-state index contributed by atoms with van der Waals surface area (Å²) in [6.07, 6.45) is 3.62. The summed E-state index contributed by atoms with van der Waals surface area (Å²) in [5, 5.41) is 5.63. The Morgan fingerprint density at radius 3 is 2.68 bits per heavy atom. The number of ether oxygens (including phenoxy) is 1. The first-order valence-electron chi connectivity index (χ1n) is 9.22. The number of halogens is 1. The van der Waals surface area contributed by atoms with Gasteiger partial charge in [0.1, 0.15) is 11.5 Å². The number of piperidine rings is 1. The number of hydrogen-bond acceptors (Lipinski definition) is 5. The monoisotopic (exact) mass is 405 g/mol. The maximum Gasteiger partial charge on any atom is 0.313 e. The first-order chi connectivity index (χ1) is 13.5. The van der Waals surface area contributed by atoms with Gasteiger partial charge in [0.2, 0.25) is 0 Å². The van der Waals surface area contributed by atoms with Gasteiger partial charge in [-0.2, -0.15) is 0 Å². The molecule has 150 valence electrons. The fourth-order valence-corrected chi connectivity index (χ4v) is 3.48. The molecule has 2 N–H and O–H groups in total. The van der Waals surface area contributed by atoms with Crippen LogP contribution in [0.2, 0.25) is 5.02 Å². The van der Waals surface area contributed by atoms with Crippen molar-refractivity contribution in [2.45, 2.75) is 19.4 Å². The fraction of sp³-hybridized carbons (Fsp3) is 0.400. The summed E-state index contributed by atoms with van der Waals surface area (Å²) in [6.45, 7) is 3.18. The van der Waals surface area contributed by atoms with Crippen LogP contribution in [-0.2, 0) is 16.1 Å². The van der Waals surface area contributed by atoms with Crippen molar-refractivity contribution in [2.24, 2.45) is 5.92 Å². The van der Waals surface area contributed by atoms with Gasteiger partial charge < -0.3 is 19.8 Å². The van der Waals surface area contributed by atoms with E-state index in [0.717, 1.165) is 38.2 Å². The van der Waals surface area contributed by atoms with Gasteiger partial charge in [-0.15, -0.1) is 0 Å². The molecule has 1 aromatic heterocycles. The number of hydrogen-bond donors (Lipinski definition) is 2. The zero-order chi connectivity index (χ0) is 19.9. The number of methoxy groups -OCH3 is 1. The molecule has 2 amide bonds. The maximum absolute atomic E-state index is 12.1. The summed E-state index contributed by atoms with van der Waals surface area (Å²) in [5.41, 5.74) is 0.442. The number of rotatable bonds is 6. The Morgan fingerprint density at radius 2 is 2.04 bits per heavy atom. The van der Waals surface area contributed by atoms with Gasteiger partial charge in [-0.1, -0.05) is 11.6 Å². The summed E-state index contributed by atoms with van der Waals surface area (Å²) in [6, 6.07) is 8.67. The first kappa shape index (κ1) is 20.2. The molecule has 0 aliphatic carbocycles. The molecule has 2 heterocycles. The van der Waals surface area contributed by atoms with Crippen LogP contribution in [0.15, 0.2) is 41.0 Å². The van der Waals surface area contributed by atoms with Crippen molar-refractivity contribution in [3.05, 3.63) is 47.4 Å². The summed E-state index contributed by atoms with van der Waals surface area (Å²) >= 11 is 6.02. The molecule has 0 radical (unpaired) electrons. The summed E-state index contributed by atoms with van der Waals surface area (Å²) in [7, 11) is 1.51. The Hall–Kier alpha value is -2.51. The molecule has 0 saturated carbocycles. The van der Waals surface area contributed by atoms with Crippen molar-refractivity contribution >= 4 is 29.1 Å². The molecule has 1 aromatic carbocycles. The van der Waals surface area contributed by atoms with Crippen LogP contribution in [0.4, 0.5) is 5.69 Å². The molecule has 2 aromatic rings. The second-order valence-corrected chi connectivity index (χ2v) is 7.22. The molecule has 0 unspecified atom stereocenters. The van der Waals surface area contributed by atoms with E-state index >= 15 is 0 Å². The lowest BCUT2D eigenvalue weighted by molar-refractivity contribution is -0.136. The number of carbonyl (C=O) groups is 2. The van der Waals surface area contributed by atoms with Crippen molar-refractivity contribution in [3.8, 4) is 5.75 Å². The lowest BCUT2D eigenvalue weighted by atomic mass is 9.96. The number of furan rings is 1. The van der Waals surface area contributed by atoms with E-state index in [9.17, 15) is 9.59 Å². The second kappa shape index (κ2) is 9.61. The van der Waals surface area contributed by atoms with E-state index in [1.807, 2.05) is 12.1 Å². The molecule has 0 spiro atoms. The molecule has 1 fully saturated rings. The third-order valence-corrected chi connectivity index (χ3v) is 5.13. The van der Waals surface area contributed by atoms with Crippen molar-refractivity contribution in [1.82, 2.24) is 10.2 Å². The first-order valence-corrected chi connectivity index (χ1v) is 9.60. The van der Waals surface area contributed by atoms with Gasteiger partial charge in [-0.25, -0.2) is 0 Å². The normalized spacial score (nSPS) is 15.2. The lowest BCUT2D eigenvalue weighted by Gasteiger charge is -2.31. The zero-order valence-corrected chi connectivity index (χ0v) is 16.5. The van der Waals surface area contributed by atoms with Gasteiger partial charge in [0.05, 0.1) is 24.9 Å². The molecule has 28 heavy (non-hydrogen) atoms. The standard InChI is InChI=1S/C20H24ClN3O4/c1-27-18-5-4-15(11-17(18)21)23-20(26)19(25)22-12-14-6-8-24(9-7-14)13-16-3-2-10-28-16/h2-5,10-11,14H,6-9,12-13H2,1H3,(H,22,25)(H,23,26). The molecule has 0 bridgehead atoms. The molecule has 1 saturated heterocycles. The van der Waals surface area contributed by atoms with E-state index in [4.69, 9.17) is 20.8 Å². The summed E-state index contributed by atoms with van der Waals surface area (Å²) < 4.78 is 10.4. The average molecular weight is 406 g/mol. The van der Waals surface area contributed by atoms with Crippen LogP contribution in [0.1, 0.15) is 18.6 Å². The van der Waals surface area contributed by atoms with E-state index in [-0.39, 0.29) is 0 Å². The Bertz CT molecular complexity index is 802. The van der Waals surface area contributed by atoms with E-state index in [0.29, 0.717) is 28.9 Å². The van der Waals surface area contributed by atoms with Crippen molar-refractivity contribution < 1.29 is 18.7 Å². The molecular formula is C20H24ClN3O4. The lowest BCUT2D eigenvalue weighted by Crippen LogP contribution is -2.41. The topological polar surface area (TPSA) is 83.8 Å². The Morgan fingerprint density at radius 1 is 1.25 bits per heavy atom. The third-order valence-electron chi connectivity index (χ3n) is 4.83. The second-order valence-electron chi connectivity index (χ2n) is 6.81. The van der Waals surface area contributed by atoms with E-state index in [1.165, 1.54) is 7.11 Å². The molecule has 8 heteroatoms. The highest BCUT2D eigenvalue weighted by atomic mass is 35.5. The van der Waals surface area contributed by atoms with E-state index in [1.54, 1.807) is 24.5 Å². The van der Waals surface area contributed by atoms with Gasteiger partial charge in [0.25, 0.3) is 0 Å². The highest BCUT2D eigenvalue weighted by Crippen LogP contribution is 2.27. The SMILES string of the molecule is COc1ccc(NC(=O)C(=O)NCC2CCN(Cc3ccco3)CC2)cc1Cl. The van der Waals surface area contributed by atoms with Crippen molar-refractivity contribution in [3.63, 3.8) is 0 Å². The van der Waals surface area contributed by atoms with Crippen LogP contribution < -0.4 is 15.4 Å². The zero-order valence-electron chi connectivity index (χ0n) is 15.7. The Kier molecular flexibility index (Phi) is 6.95. The number of benzene rings is 1. The van der Waals surface area contributed by atoms with Gasteiger partial charge in [-0.3, -0.25) is 14.5 Å². The van der Waals surface area contributed by atoms with E-state index < -0.39 is 11.8 Å². The molecular weight excluding hydrogens is 382 g/mol. The van der Waals surface area contributed by atoms with Gasteiger partial charge in [0, 0.05) is 12.2 Å². The average Bonchev–Trinajstić information content (AvgIpc) is 3.20. The van der Waals surface area contributed by atoms with Crippen LogP contribution in [0.5, 0.6) is 5.75 Å². The predicted molar refractivity (Wildman–Crippen MR) is 106 cm³/mol. The quantitative estimate of drug-likeness (QED) is 0.722. The van der Waals surface area contributed by atoms with E-state index in [2.05, 4.69) is 15.5 Å². The molecule has 1 aliphatic rings. The number of nitrogens with zero attached hydrogens (tertiary/aromatic N) is 1. The highest BCUT2D eigenvalue weighted by Gasteiger charge is 2.22. The number of anilines is 1. The number of amides is 2. The number of likely N-dealkylation sites (tertiary alicyclic amines) is 1. The highest BCUT2D eigenvalue weighted by molar-refractivity contribution is 6.40. The Balaban J connectivity index is 1.39. The van der Waals surface area contributed by atoms with Crippen LogP contribution >= 0.6 is 11.6 Å². The van der Waals surface area contributed by atoms with Crippen molar-refractivity contribution in [1.29, 1.82) is 0 Å². The van der Waals surface area contributed by atoms with Gasteiger partial charge in [-0.05, 0) is 62.2 Å². The van der Waals surface area contributed by atoms with Crippen LogP contribution in [0, 0.1) is 5.92 Å². The minimum absolute atomic E-state index is 0.361. The smallest absolute Gasteiger partial charge is 0.313 e. The number of carbonyl (C=O) groups excluding carboxylic acids is 2. The molecule has 3 rings (SSSR count). The predicted octanol–water partition coefficient (Wildman–Crippen LogP) is 2.91. The maximum atomic E-state index is 12.1. The van der Waals surface area contributed by atoms with Crippen LogP contribution in [0.25, 0.3) is 0 Å². The Labute approximate surface area is 169 Å². The molecule has 1 aliphatic heterocycles. The third kappa shape index (κ3) is 5.50. The molecule has 0 atom stereocenters. The van der Waals surface area contributed by atoms with Crippen molar-refractivity contribution in [2.75, 3.05) is 32.1 Å². The minimum Gasteiger partial charge on any atom is -0.495 e. The largest absolute Gasteiger partial charge is 0.495 e. The molecule has 7 nitrogen and oxygen atoms in total. The van der Waals surface area contributed by atoms with Gasteiger partial charge in [0.15, 0.2) is 0 Å². The minimum atomic E-state index is -0.712. The van der Waals surface area contributed by atoms with Gasteiger partial charge >= 0.3 is 11.8 Å². The van der Waals surface area contributed by atoms with Crippen LogP contribution in [0.3, 0.4) is 0 Å².